The number of carbonyl (C=O) groups is 1. The van der Waals surface area contributed by atoms with E-state index in [1.54, 1.807) is 0 Å². The van der Waals surface area contributed by atoms with E-state index in [2.05, 4.69) is 19.7 Å². The SMILES string of the molecule is [CH2]CCN(S)C(N)=O. The summed E-state index contributed by atoms with van der Waals surface area (Å²) in [6.07, 6.45) is 0.631. The van der Waals surface area contributed by atoms with Crippen molar-refractivity contribution in [3.8, 4) is 0 Å². The van der Waals surface area contributed by atoms with Gasteiger partial charge in [0.05, 0.1) is 0 Å². The molecule has 4 heteroatoms. The monoisotopic (exact) mass is 133 g/mol. The molecule has 0 rings (SSSR count). The number of thiol groups is 1. The molecule has 0 saturated heterocycles. The van der Waals surface area contributed by atoms with Crippen LogP contribution in [0.25, 0.3) is 0 Å². The quantitative estimate of drug-likeness (QED) is 0.527. The third-order valence-electron chi connectivity index (χ3n) is 0.624. The molecule has 1 radical (unpaired) electrons. The van der Waals surface area contributed by atoms with Crippen LogP contribution < -0.4 is 5.73 Å². The Morgan fingerprint density at radius 3 is 2.50 bits per heavy atom. The lowest BCUT2D eigenvalue weighted by atomic mass is 10.5. The molecule has 0 aliphatic rings. The number of nitrogens with two attached hydrogens (primary N) is 1. The molecule has 0 unspecified atom stereocenters. The highest BCUT2D eigenvalue weighted by Crippen LogP contribution is 1.92. The van der Waals surface area contributed by atoms with E-state index in [0.717, 1.165) is 4.31 Å². The number of rotatable bonds is 2. The number of carbonyl (C=O) groups excluding carboxylic acids is 1. The number of primary amides is 1. The van der Waals surface area contributed by atoms with Crippen LogP contribution in [0.15, 0.2) is 0 Å². The molecule has 0 bridgehead atoms. The van der Waals surface area contributed by atoms with E-state index in [1.165, 1.54) is 0 Å². The van der Waals surface area contributed by atoms with Gasteiger partial charge >= 0.3 is 6.03 Å². The lowest BCUT2D eigenvalue weighted by Gasteiger charge is -2.08. The number of nitrogens with zero attached hydrogens (tertiary/aromatic N) is 1. The van der Waals surface area contributed by atoms with Crippen molar-refractivity contribution in [1.82, 2.24) is 4.31 Å². The van der Waals surface area contributed by atoms with Crippen LogP contribution in [-0.4, -0.2) is 16.9 Å². The molecular formula is C4H9N2OS. The van der Waals surface area contributed by atoms with E-state index >= 15 is 0 Å². The van der Waals surface area contributed by atoms with E-state index in [0.29, 0.717) is 13.0 Å². The van der Waals surface area contributed by atoms with Crippen LogP contribution in [0.4, 0.5) is 4.79 Å². The molecule has 0 heterocycles. The summed E-state index contributed by atoms with van der Waals surface area (Å²) in [7, 11) is 0. The summed E-state index contributed by atoms with van der Waals surface area (Å²) in [5.74, 6) is 0. The van der Waals surface area contributed by atoms with Crippen LogP contribution in [0.3, 0.4) is 0 Å². The maximum Gasteiger partial charge on any atom is 0.324 e. The maximum atomic E-state index is 10.1. The summed E-state index contributed by atoms with van der Waals surface area (Å²) >= 11 is 3.72. The summed E-state index contributed by atoms with van der Waals surface area (Å²) in [6, 6.07) is -0.531. The molecule has 3 nitrogen and oxygen atoms in total. The zero-order valence-corrected chi connectivity index (χ0v) is 5.40. The van der Waals surface area contributed by atoms with Gasteiger partial charge in [0, 0.05) is 6.54 Å². The third kappa shape index (κ3) is 2.74. The fourth-order valence-electron chi connectivity index (χ4n) is 0.260. The first-order chi connectivity index (χ1) is 3.68. The first-order valence-corrected chi connectivity index (χ1v) is 2.63. The molecule has 0 fully saturated rings. The molecule has 0 spiro atoms. The molecular weight excluding hydrogens is 124 g/mol. The second-order valence-electron chi connectivity index (χ2n) is 1.31. The van der Waals surface area contributed by atoms with Gasteiger partial charge in [0.25, 0.3) is 0 Å². The molecule has 0 aromatic carbocycles. The van der Waals surface area contributed by atoms with Gasteiger partial charge in [-0.3, -0.25) is 4.31 Å². The molecule has 0 aliphatic heterocycles. The molecule has 0 saturated carbocycles. The molecule has 0 aromatic heterocycles. The van der Waals surface area contributed by atoms with E-state index in [4.69, 9.17) is 5.73 Å². The Bertz CT molecular complexity index is 86.1. The lowest BCUT2D eigenvalue weighted by molar-refractivity contribution is 0.235. The average Bonchev–Trinajstić information content (AvgIpc) is 1.67. The van der Waals surface area contributed by atoms with Crippen LogP contribution in [0.5, 0.6) is 0 Å². The average molecular weight is 133 g/mol. The Balaban J connectivity index is 3.32. The summed E-state index contributed by atoms with van der Waals surface area (Å²) < 4.78 is 1.12. The van der Waals surface area contributed by atoms with Crippen LogP contribution >= 0.6 is 12.8 Å². The van der Waals surface area contributed by atoms with Gasteiger partial charge in [-0.2, -0.15) is 0 Å². The van der Waals surface area contributed by atoms with Gasteiger partial charge in [0.2, 0.25) is 0 Å². The summed E-state index contributed by atoms with van der Waals surface area (Å²) in [5, 5.41) is 0. The number of hydrogen-bond donors (Lipinski definition) is 2. The fraction of sp³-hybridized carbons (Fsp3) is 0.500. The van der Waals surface area contributed by atoms with E-state index in [-0.39, 0.29) is 0 Å². The van der Waals surface area contributed by atoms with Crippen molar-refractivity contribution < 1.29 is 4.79 Å². The van der Waals surface area contributed by atoms with Crippen molar-refractivity contribution in [2.45, 2.75) is 6.42 Å². The molecule has 47 valence electrons. The summed E-state index contributed by atoms with van der Waals surface area (Å²) in [4.78, 5) is 10.1. The molecule has 0 atom stereocenters. The van der Waals surface area contributed by atoms with Gasteiger partial charge < -0.3 is 5.73 Å². The highest BCUT2D eigenvalue weighted by molar-refractivity contribution is 7.78. The van der Waals surface area contributed by atoms with Gasteiger partial charge in [0.1, 0.15) is 0 Å². The van der Waals surface area contributed by atoms with Gasteiger partial charge in [-0.05, 0) is 6.42 Å². The minimum absolute atomic E-state index is 0.498. The third-order valence-corrected chi connectivity index (χ3v) is 1.02. The topological polar surface area (TPSA) is 46.3 Å². The van der Waals surface area contributed by atoms with Crippen LogP contribution in [-0.2, 0) is 0 Å². The van der Waals surface area contributed by atoms with Crippen molar-refractivity contribution in [3.63, 3.8) is 0 Å². The van der Waals surface area contributed by atoms with Crippen molar-refractivity contribution in [3.05, 3.63) is 6.92 Å². The Hall–Kier alpha value is -0.380. The van der Waals surface area contributed by atoms with Gasteiger partial charge in [-0.15, -0.1) is 0 Å². The van der Waals surface area contributed by atoms with E-state index in [1.807, 2.05) is 0 Å². The highest BCUT2D eigenvalue weighted by Gasteiger charge is 1.99. The zero-order chi connectivity index (χ0) is 6.57. The predicted octanol–water partition coefficient (Wildman–Crippen LogP) is 0.436. The molecule has 0 aliphatic carbocycles. The largest absolute Gasteiger partial charge is 0.351 e. The Kier molecular flexibility index (Phi) is 3.43. The second-order valence-corrected chi connectivity index (χ2v) is 1.80. The highest BCUT2D eigenvalue weighted by atomic mass is 32.1. The molecule has 8 heavy (non-hydrogen) atoms. The van der Waals surface area contributed by atoms with Crippen molar-refractivity contribution >= 4 is 18.8 Å². The first-order valence-electron chi connectivity index (χ1n) is 2.23. The molecule has 2 amide bonds. The van der Waals surface area contributed by atoms with E-state index in [9.17, 15) is 4.79 Å². The van der Waals surface area contributed by atoms with Crippen molar-refractivity contribution in [1.29, 1.82) is 0 Å². The lowest BCUT2D eigenvalue weighted by Crippen LogP contribution is -2.28. The molecule has 2 N–H and O–H groups in total. The maximum absolute atomic E-state index is 10.1. The summed E-state index contributed by atoms with van der Waals surface area (Å²) in [5.41, 5.74) is 4.80. The van der Waals surface area contributed by atoms with E-state index < -0.39 is 6.03 Å². The minimum atomic E-state index is -0.531. The Morgan fingerprint density at radius 1 is 1.88 bits per heavy atom. The normalized spacial score (nSPS) is 8.75. The van der Waals surface area contributed by atoms with Gasteiger partial charge in [-0.1, -0.05) is 19.7 Å². The number of amides is 2. The Morgan fingerprint density at radius 2 is 2.38 bits per heavy atom. The standard InChI is InChI=1S/C4H9N2OS/c1-2-3-6(8)4(5)7/h8H,1-3H2,(H2,5,7). The van der Waals surface area contributed by atoms with Crippen molar-refractivity contribution in [2.24, 2.45) is 5.73 Å². The minimum Gasteiger partial charge on any atom is -0.351 e. The van der Waals surface area contributed by atoms with Crippen LogP contribution in [0.1, 0.15) is 6.42 Å². The van der Waals surface area contributed by atoms with Gasteiger partial charge in [-0.25, -0.2) is 4.79 Å². The number of hydrogen-bond acceptors (Lipinski definition) is 2. The first kappa shape index (κ1) is 7.62. The predicted molar refractivity (Wildman–Crippen MR) is 35.2 cm³/mol. The second kappa shape index (κ2) is 3.60. The number of urea groups is 1. The fourth-order valence-corrected chi connectivity index (χ4v) is 0.401. The summed E-state index contributed by atoms with van der Waals surface area (Å²) in [6.45, 7) is 4.01. The van der Waals surface area contributed by atoms with Crippen LogP contribution in [0, 0.1) is 6.92 Å². The van der Waals surface area contributed by atoms with Crippen molar-refractivity contribution in [2.75, 3.05) is 6.54 Å². The molecule has 0 aromatic rings. The smallest absolute Gasteiger partial charge is 0.324 e. The van der Waals surface area contributed by atoms with Crippen LogP contribution in [0.2, 0.25) is 0 Å². The zero-order valence-electron chi connectivity index (χ0n) is 4.50. The Labute approximate surface area is 54.4 Å². The van der Waals surface area contributed by atoms with Gasteiger partial charge in [0.15, 0.2) is 0 Å².